The van der Waals surface area contributed by atoms with Crippen molar-refractivity contribution in [2.24, 2.45) is 0 Å². The minimum atomic E-state index is -0.337. The van der Waals surface area contributed by atoms with Crippen LogP contribution in [-0.4, -0.2) is 38.4 Å². The van der Waals surface area contributed by atoms with Gasteiger partial charge in [-0.2, -0.15) is 0 Å². The molecule has 0 fully saturated rings. The van der Waals surface area contributed by atoms with Gasteiger partial charge < -0.3 is 23.9 Å². The highest BCUT2D eigenvalue weighted by Gasteiger charge is 2.12. The summed E-state index contributed by atoms with van der Waals surface area (Å²) < 4.78 is 21.0. The number of aromatic amines is 1. The maximum absolute atomic E-state index is 12.5. The molecule has 0 saturated carbocycles. The average molecular weight is 403 g/mol. The Bertz CT molecular complexity index is 1090. The van der Waals surface area contributed by atoms with E-state index in [4.69, 9.17) is 30.5 Å². The van der Waals surface area contributed by atoms with Gasteiger partial charge >= 0.3 is 0 Å². The van der Waals surface area contributed by atoms with Crippen LogP contribution in [0.25, 0.3) is 22.0 Å². The van der Waals surface area contributed by atoms with Crippen molar-refractivity contribution in [1.82, 2.24) is 9.97 Å². The van der Waals surface area contributed by atoms with Crippen LogP contribution in [0.15, 0.2) is 35.1 Å². The Morgan fingerprint density at radius 2 is 1.54 bits per heavy atom. The van der Waals surface area contributed by atoms with Gasteiger partial charge in [0.05, 0.1) is 44.4 Å². The van der Waals surface area contributed by atoms with Crippen LogP contribution >= 0.6 is 11.6 Å². The average Bonchev–Trinajstić information content (AvgIpc) is 2.72. The number of rotatable bonds is 6. The summed E-state index contributed by atoms with van der Waals surface area (Å²) in [5.74, 6) is 2.38. The van der Waals surface area contributed by atoms with E-state index in [1.54, 1.807) is 50.6 Å². The highest BCUT2D eigenvalue weighted by molar-refractivity contribution is 6.50. The van der Waals surface area contributed by atoms with Crippen molar-refractivity contribution >= 4 is 33.6 Å². The first-order chi connectivity index (χ1) is 13.5. The van der Waals surface area contributed by atoms with E-state index < -0.39 is 0 Å². The third-order valence-electron chi connectivity index (χ3n) is 4.10. The van der Waals surface area contributed by atoms with Gasteiger partial charge in [-0.1, -0.05) is 11.6 Å². The molecule has 0 unspecified atom stereocenters. The number of nitrogens with one attached hydrogen (secondary N) is 1. The van der Waals surface area contributed by atoms with Crippen LogP contribution in [0.5, 0.6) is 23.0 Å². The second-order valence-corrected chi connectivity index (χ2v) is 6.18. The number of ether oxygens (including phenoxy) is 4. The molecule has 0 radical (unpaired) electrons. The lowest BCUT2D eigenvalue weighted by molar-refractivity contribution is 0.355. The van der Waals surface area contributed by atoms with E-state index in [0.29, 0.717) is 33.9 Å². The number of benzene rings is 2. The van der Waals surface area contributed by atoms with Crippen molar-refractivity contribution < 1.29 is 18.9 Å². The third-order valence-corrected chi connectivity index (χ3v) is 4.39. The Morgan fingerprint density at radius 1 is 0.929 bits per heavy atom. The van der Waals surface area contributed by atoms with Crippen LogP contribution < -0.4 is 24.5 Å². The largest absolute Gasteiger partial charge is 0.497 e. The monoisotopic (exact) mass is 402 g/mol. The molecule has 0 aliphatic heterocycles. The summed E-state index contributed by atoms with van der Waals surface area (Å²) in [5, 5.41) is 0.623. The summed E-state index contributed by atoms with van der Waals surface area (Å²) in [7, 11) is 6.14. The highest BCUT2D eigenvalue weighted by atomic mass is 35.5. The zero-order chi connectivity index (χ0) is 20.3. The summed E-state index contributed by atoms with van der Waals surface area (Å²) in [6, 6.07) is 8.54. The van der Waals surface area contributed by atoms with Gasteiger partial charge in [0.25, 0.3) is 5.56 Å². The van der Waals surface area contributed by atoms with E-state index in [9.17, 15) is 4.79 Å². The van der Waals surface area contributed by atoms with Gasteiger partial charge in [-0.05, 0) is 29.8 Å². The third kappa shape index (κ3) is 3.89. The molecule has 0 aliphatic rings. The number of H-pyrrole nitrogens is 1. The van der Waals surface area contributed by atoms with Gasteiger partial charge in [-0.25, -0.2) is 4.98 Å². The quantitative estimate of drug-likeness (QED) is 0.677. The van der Waals surface area contributed by atoms with E-state index in [1.807, 2.05) is 0 Å². The van der Waals surface area contributed by atoms with Gasteiger partial charge in [0.2, 0.25) is 0 Å². The summed E-state index contributed by atoms with van der Waals surface area (Å²) in [4.78, 5) is 19.6. The summed E-state index contributed by atoms with van der Waals surface area (Å²) in [6.45, 7) is 0. The zero-order valence-electron chi connectivity index (χ0n) is 15.8. The number of aromatic nitrogens is 2. The molecule has 0 bridgehead atoms. The number of nitrogens with zero attached hydrogens (tertiary/aromatic N) is 1. The summed E-state index contributed by atoms with van der Waals surface area (Å²) in [5.41, 5.74) is 0.832. The van der Waals surface area contributed by atoms with Crippen molar-refractivity contribution in [3.8, 4) is 23.0 Å². The minimum absolute atomic E-state index is 0.230. The van der Waals surface area contributed by atoms with Gasteiger partial charge in [-0.3, -0.25) is 4.79 Å². The lowest BCUT2D eigenvalue weighted by Gasteiger charge is -2.09. The molecule has 7 nitrogen and oxygen atoms in total. The Kier molecular flexibility index (Phi) is 5.75. The molecule has 1 heterocycles. The lowest BCUT2D eigenvalue weighted by atomic mass is 10.1. The molecular formula is C20H19ClN2O5. The fraction of sp³-hybridized carbons (Fsp3) is 0.200. The first-order valence-corrected chi connectivity index (χ1v) is 8.63. The normalized spacial score (nSPS) is 11.4. The molecule has 0 atom stereocenters. The predicted octanol–water partition coefficient (Wildman–Crippen LogP) is 3.69. The van der Waals surface area contributed by atoms with Gasteiger partial charge in [-0.15, -0.1) is 0 Å². The van der Waals surface area contributed by atoms with Crippen LogP contribution in [0.2, 0.25) is 0 Å². The molecular weight excluding hydrogens is 384 g/mol. The molecule has 3 aromatic rings. The van der Waals surface area contributed by atoms with Crippen molar-refractivity contribution in [3.63, 3.8) is 0 Å². The molecule has 0 saturated heterocycles. The van der Waals surface area contributed by atoms with Crippen molar-refractivity contribution in [1.29, 1.82) is 0 Å². The van der Waals surface area contributed by atoms with Crippen LogP contribution in [0.4, 0.5) is 0 Å². The van der Waals surface area contributed by atoms with E-state index in [0.717, 1.165) is 5.56 Å². The Labute approximate surface area is 166 Å². The van der Waals surface area contributed by atoms with Crippen molar-refractivity contribution in [3.05, 3.63) is 52.1 Å². The Hall–Kier alpha value is -3.19. The van der Waals surface area contributed by atoms with Gasteiger partial charge in [0.15, 0.2) is 17.3 Å². The molecule has 0 aliphatic carbocycles. The van der Waals surface area contributed by atoms with Crippen molar-refractivity contribution in [2.75, 3.05) is 28.4 Å². The standard InChI is InChI=1S/C20H19ClN2O5/c1-25-12-5-11(6-13(8-12)26-2)7-15(21)19-22-16-10-18(28-4)17(27-3)9-14(16)20(24)23-19/h5-10H,1-4H3,(H,22,23,24)/b15-7-. The van der Waals surface area contributed by atoms with E-state index in [-0.39, 0.29) is 16.4 Å². The van der Waals surface area contributed by atoms with E-state index >= 15 is 0 Å². The number of halogens is 1. The zero-order valence-corrected chi connectivity index (χ0v) is 16.6. The smallest absolute Gasteiger partial charge is 0.259 e. The number of methoxy groups -OCH3 is 4. The second kappa shape index (κ2) is 8.22. The van der Waals surface area contributed by atoms with Crippen LogP contribution in [0.3, 0.4) is 0 Å². The molecule has 1 N–H and O–H groups in total. The molecule has 0 amide bonds. The topological polar surface area (TPSA) is 82.7 Å². The number of hydrogen-bond acceptors (Lipinski definition) is 6. The predicted molar refractivity (Wildman–Crippen MR) is 109 cm³/mol. The Morgan fingerprint density at radius 3 is 2.11 bits per heavy atom. The summed E-state index contributed by atoms with van der Waals surface area (Å²) in [6.07, 6.45) is 1.66. The molecule has 3 rings (SSSR count). The van der Waals surface area contributed by atoms with Crippen LogP contribution in [0.1, 0.15) is 11.4 Å². The van der Waals surface area contributed by atoms with Crippen molar-refractivity contribution in [2.45, 2.75) is 0 Å². The summed E-state index contributed by atoms with van der Waals surface area (Å²) >= 11 is 6.43. The van der Waals surface area contributed by atoms with Gasteiger partial charge in [0.1, 0.15) is 11.5 Å². The lowest BCUT2D eigenvalue weighted by Crippen LogP contribution is -2.11. The SMILES string of the molecule is COc1cc(/C=C(\Cl)c2nc3cc(OC)c(OC)cc3c(=O)[nH]2)cc(OC)c1. The molecule has 8 heteroatoms. The van der Waals surface area contributed by atoms with E-state index in [2.05, 4.69) is 9.97 Å². The molecule has 146 valence electrons. The van der Waals surface area contributed by atoms with Crippen LogP contribution in [-0.2, 0) is 0 Å². The first-order valence-electron chi connectivity index (χ1n) is 8.25. The highest BCUT2D eigenvalue weighted by Crippen LogP contribution is 2.31. The maximum atomic E-state index is 12.5. The number of hydrogen-bond donors (Lipinski definition) is 1. The molecule has 0 spiro atoms. The van der Waals surface area contributed by atoms with E-state index in [1.165, 1.54) is 14.2 Å². The molecule has 1 aromatic heterocycles. The number of fused-ring (bicyclic) bond motifs is 1. The first kappa shape index (κ1) is 19.6. The maximum Gasteiger partial charge on any atom is 0.259 e. The fourth-order valence-electron chi connectivity index (χ4n) is 2.71. The minimum Gasteiger partial charge on any atom is -0.497 e. The second-order valence-electron chi connectivity index (χ2n) is 5.78. The fourth-order valence-corrected chi connectivity index (χ4v) is 2.92. The molecule has 28 heavy (non-hydrogen) atoms. The van der Waals surface area contributed by atoms with Crippen LogP contribution in [0, 0.1) is 0 Å². The Balaban J connectivity index is 2.10. The van der Waals surface area contributed by atoms with Gasteiger partial charge in [0, 0.05) is 12.1 Å². The molecule has 2 aromatic carbocycles.